The Kier molecular flexibility index (Phi) is 3.93. The Morgan fingerprint density at radius 3 is 2.74 bits per heavy atom. The van der Waals surface area contributed by atoms with Gasteiger partial charge in [0.1, 0.15) is 0 Å². The number of amides is 1. The Morgan fingerprint density at radius 1 is 1.35 bits per heavy atom. The van der Waals surface area contributed by atoms with Crippen LogP contribution in [0.2, 0.25) is 0 Å². The van der Waals surface area contributed by atoms with E-state index in [-0.39, 0.29) is 17.2 Å². The lowest BCUT2D eigenvalue weighted by atomic mass is 10.0. The summed E-state index contributed by atoms with van der Waals surface area (Å²) in [5.74, 6) is -0.335. The zero-order chi connectivity index (χ0) is 16.5. The van der Waals surface area contributed by atoms with Gasteiger partial charge in [-0.1, -0.05) is 35.5 Å². The molecule has 23 heavy (non-hydrogen) atoms. The number of nitrogens with one attached hydrogen (secondary N) is 1. The number of hydrogen-bond acceptors (Lipinski definition) is 5. The average molecular weight is 334 g/mol. The predicted octanol–water partition coefficient (Wildman–Crippen LogP) is 0.633. The van der Waals surface area contributed by atoms with E-state index in [4.69, 9.17) is 0 Å². The number of benzene rings is 1. The van der Waals surface area contributed by atoms with E-state index >= 15 is 0 Å². The number of hydrogen-bond donors (Lipinski definition) is 1. The molecule has 1 aromatic carbocycles. The average Bonchev–Trinajstić information content (AvgIpc) is 3.04. The topological polar surface area (TPSA) is 93.9 Å². The first-order chi connectivity index (χ1) is 10.9. The van der Waals surface area contributed by atoms with Crippen LogP contribution < -0.4 is 5.32 Å². The molecule has 8 heteroatoms. The first-order valence-corrected chi connectivity index (χ1v) is 9.14. The molecule has 1 unspecified atom stereocenters. The van der Waals surface area contributed by atoms with Gasteiger partial charge in [-0.15, -0.1) is 5.10 Å². The fourth-order valence-electron chi connectivity index (χ4n) is 2.70. The maximum Gasteiger partial charge on any atom is 0.273 e. The van der Waals surface area contributed by atoms with Gasteiger partial charge in [-0.25, -0.2) is 13.1 Å². The maximum absolute atomic E-state index is 12.3. The summed E-state index contributed by atoms with van der Waals surface area (Å²) >= 11 is 0. The molecule has 1 N–H and O–H groups in total. The number of carbonyl (C=O) groups excluding carboxylic acids is 1. The van der Waals surface area contributed by atoms with E-state index in [2.05, 4.69) is 15.6 Å². The van der Waals surface area contributed by atoms with Crippen LogP contribution in [0.4, 0.5) is 0 Å². The van der Waals surface area contributed by atoms with Crippen LogP contribution in [0.25, 0.3) is 0 Å². The lowest BCUT2D eigenvalue weighted by molar-refractivity contribution is 0.0910. The van der Waals surface area contributed by atoms with E-state index in [0.29, 0.717) is 13.0 Å². The molecule has 0 saturated carbocycles. The summed E-state index contributed by atoms with van der Waals surface area (Å²) in [7, 11) is -3.07. The second kappa shape index (κ2) is 5.77. The van der Waals surface area contributed by atoms with Gasteiger partial charge in [-0.05, 0) is 18.9 Å². The Morgan fingerprint density at radius 2 is 2.09 bits per heavy atom. The molecule has 1 atom stereocenters. The molecule has 3 rings (SSSR count). The number of sulfone groups is 1. The van der Waals surface area contributed by atoms with Crippen molar-refractivity contribution in [2.75, 3.05) is 11.5 Å². The fraction of sp³-hybridized carbons (Fsp3) is 0.400. The van der Waals surface area contributed by atoms with Crippen molar-refractivity contribution in [2.24, 2.45) is 0 Å². The highest BCUT2D eigenvalue weighted by Gasteiger charge is 2.39. The Labute approximate surface area is 134 Å². The van der Waals surface area contributed by atoms with Gasteiger partial charge in [0.15, 0.2) is 15.5 Å². The van der Waals surface area contributed by atoms with Crippen LogP contribution in [0.1, 0.15) is 29.4 Å². The van der Waals surface area contributed by atoms with Gasteiger partial charge in [-0.3, -0.25) is 4.79 Å². The van der Waals surface area contributed by atoms with Crippen molar-refractivity contribution in [2.45, 2.75) is 25.4 Å². The SMILES string of the molecule is CC1(NC(=O)c2cn(Cc3ccccc3)nn2)CCS(=O)(=O)C1. The molecule has 1 aliphatic rings. The molecule has 1 saturated heterocycles. The first kappa shape index (κ1) is 15.7. The highest BCUT2D eigenvalue weighted by atomic mass is 32.2. The summed E-state index contributed by atoms with van der Waals surface area (Å²) in [6.45, 7) is 2.26. The minimum atomic E-state index is -3.07. The van der Waals surface area contributed by atoms with Gasteiger partial charge in [0, 0.05) is 0 Å². The zero-order valence-corrected chi connectivity index (χ0v) is 13.6. The highest BCUT2D eigenvalue weighted by molar-refractivity contribution is 7.91. The third-order valence-electron chi connectivity index (χ3n) is 3.88. The molecular formula is C15H18N4O3S. The van der Waals surface area contributed by atoms with Gasteiger partial charge < -0.3 is 5.32 Å². The van der Waals surface area contributed by atoms with Crippen molar-refractivity contribution in [3.8, 4) is 0 Å². The van der Waals surface area contributed by atoms with Crippen LogP contribution in [0.15, 0.2) is 36.5 Å². The van der Waals surface area contributed by atoms with E-state index in [0.717, 1.165) is 5.56 Å². The summed E-state index contributed by atoms with van der Waals surface area (Å²) in [6.07, 6.45) is 1.98. The zero-order valence-electron chi connectivity index (χ0n) is 12.8. The molecule has 1 aliphatic heterocycles. The molecule has 0 bridgehead atoms. The monoisotopic (exact) mass is 334 g/mol. The van der Waals surface area contributed by atoms with Crippen LogP contribution in [0.5, 0.6) is 0 Å². The van der Waals surface area contributed by atoms with Gasteiger partial charge in [-0.2, -0.15) is 0 Å². The van der Waals surface area contributed by atoms with Crippen molar-refractivity contribution in [3.63, 3.8) is 0 Å². The smallest absolute Gasteiger partial charge is 0.273 e. The number of aromatic nitrogens is 3. The van der Waals surface area contributed by atoms with Gasteiger partial charge in [0.05, 0.1) is 29.8 Å². The second-order valence-electron chi connectivity index (χ2n) is 6.14. The minimum Gasteiger partial charge on any atom is -0.344 e. The van der Waals surface area contributed by atoms with Crippen molar-refractivity contribution in [1.29, 1.82) is 0 Å². The van der Waals surface area contributed by atoms with Crippen molar-refractivity contribution in [1.82, 2.24) is 20.3 Å². The molecule has 1 fully saturated rings. The summed E-state index contributed by atoms with van der Waals surface area (Å²) in [5.41, 5.74) is 0.503. The Hall–Kier alpha value is -2.22. The molecule has 2 aromatic rings. The standard InChI is InChI=1S/C15H18N4O3S/c1-15(7-8-23(21,22)11-15)16-14(20)13-10-19(18-17-13)9-12-5-3-2-4-6-12/h2-6,10H,7-9,11H2,1H3,(H,16,20). The third kappa shape index (κ3) is 3.76. The summed E-state index contributed by atoms with van der Waals surface area (Å²) in [6, 6.07) is 9.72. The molecule has 122 valence electrons. The highest BCUT2D eigenvalue weighted by Crippen LogP contribution is 2.23. The van der Waals surface area contributed by atoms with Crippen molar-refractivity contribution in [3.05, 3.63) is 47.8 Å². The molecule has 1 aromatic heterocycles. The quantitative estimate of drug-likeness (QED) is 0.885. The van der Waals surface area contributed by atoms with Crippen molar-refractivity contribution < 1.29 is 13.2 Å². The van der Waals surface area contributed by atoms with Gasteiger partial charge in [0.25, 0.3) is 5.91 Å². The minimum absolute atomic E-state index is 0.0378. The molecular weight excluding hydrogens is 316 g/mol. The molecule has 1 amide bonds. The second-order valence-corrected chi connectivity index (χ2v) is 8.33. The summed E-state index contributed by atoms with van der Waals surface area (Å²) < 4.78 is 24.8. The molecule has 0 aliphatic carbocycles. The molecule has 0 radical (unpaired) electrons. The van der Waals surface area contributed by atoms with E-state index in [1.54, 1.807) is 17.8 Å². The molecule has 7 nitrogen and oxygen atoms in total. The van der Waals surface area contributed by atoms with E-state index in [1.165, 1.54) is 0 Å². The summed E-state index contributed by atoms with van der Waals surface area (Å²) in [5, 5.41) is 10.6. The summed E-state index contributed by atoms with van der Waals surface area (Å²) in [4.78, 5) is 12.3. The number of carbonyl (C=O) groups is 1. The van der Waals surface area contributed by atoms with Gasteiger partial charge >= 0.3 is 0 Å². The molecule has 2 heterocycles. The van der Waals surface area contributed by atoms with Crippen LogP contribution in [-0.4, -0.2) is 46.4 Å². The van der Waals surface area contributed by atoms with Crippen LogP contribution >= 0.6 is 0 Å². The third-order valence-corrected chi connectivity index (χ3v) is 5.78. The largest absolute Gasteiger partial charge is 0.344 e. The lowest BCUT2D eigenvalue weighted by Crippen LogP contribution is -2.47. The Balaban J connectivity index is 1.67. The van der Waals surface area contributed by atoms with E-state index in [1.807, 2.05) is 30.3 Å². The number of nitrogens with zero attached hydrogens (tertiary/aromatic N) is 3. The maximum atomic E-state index is 12.3. The molecule has 0 spiro atoms. The van der Waals surface area contributed by atoms with Crippen LogP contribution in [0.3, 0.4) is 0 Å². The van der Waals surface area contributed by atoms with Crippen LogP contribution in [-0.2, 0) is 16.4 Å². The fourth-order valence-corrected chi connectivity index (χ4v) is 4.79. The Bertz CT molecular complexity index is 816. The van der Waals surface area contributed by atoms with Crippen LogP contribution in [0, 0.1) is 0 Å². The predicted molar refractivity (Wildman–Crippen MR) is 84.7 cm³/mol. The van der Waals surface area contributed by atoms with E-state index in [9.17, 15) is 13.2 Å². The van der Waals surface area contributed by atoms with Gasteiger partial charge in [0.2, 0.25) is 0 Å². The normalized spacial score (nSPS) is 22.8. The number of rotatable bonds is 4. The van der Waals surface area contributed by atoms with E-state index < -0.39 is 21.3 Å². The lowest BCUT2D eigenvalue weighted by Gasteiger charge is -2.22. The van der Waals surface area contributed by atoms with Crippen molar-refractivity contribution >= 4 is 15.7 Å². The first-order valence-electron chi connectivity index (χ1n) is 7.32.